The molecule has 7 heteroatoms. The number of hydrogen-bond donors (Lipinski definition) is 2. The molecule has 2 N–H and O–H groups in total. The highest BCUT2D eigenvalue weighted by atomic mass is 32.2. The molecule has 2 aliphatic heterocycles. The zero-order valence-electron chi connectivity index (χ0n) is 11.0. The Morgan fingerprint density at radius 3 is 2.58 bits per heavy atom. The van der Waals surface area contributed by atoms with Gasteiger partial charge in [0.25, 0.3) is 0 Å². The molecule has 108 valence electrons. The molecule has 0 aromatic carbocycles. The SMILES string of the molecule is O=C(O)CN1CCN(C(=O)NCC2CCSC2)CC1. The van der Waals surface area contributed by atoms with E-state index in [1.165, 1.54) is 12.2 Å². The molecule has 0 radical (unpaired) electrons. The summed E-state index contributed by atoms with van der Waals surface area (Å²) in [4.78, 5) is 26.2. The molecule has 1 unspecified atom stereocenters. The maximum Gasteiger partial charge on any atom is 0.317 e. The number of carboxylic acid groups (broad SMARTS) is 1. The highest BCUT2D eigenvalue weighted by Crippen LogP contribution is 2.22. The number of carboxylic acids is 1. The maximum atomic E-state index is 12.0. The number of thioether (sulfide) groups is 1. The lowest BCUT2D eigenvalue weighted by Gasteiger charge is -2.33. The van der Waals surface area contributed by atoms with Crippen LogP contribution in [0.15, 0.2) is 0 Å². The van der Waals surface area contributed by atoms with Crippen LogP contribution in [0.4, 0.5) is 4.79 Å². The van der Waals surface area contributed by atoms with E-state index in [1.807, 2.05) is 16.7 Å². The Labute approximate surface area is 117 Å². The third-order valence-electron chi connectivity index (χ3n) is 3.58. The van der Waals surface area contributed by atoms with E-state index in [4.69, 9.17) is 5.11 Å². The Morgan fingerprint density at radius 1 is 1.26 bits per heavy atom. The van der Waals surface area contributed by atoms with Crippen molar-refractivity contribution in [2.75, 3.05) is 50.8 Å². The summed E-state index contributed by atoms with van der Waals surface area (Å²) in [7, 11) is 0. The number of urea groups is 1. The standard InChI is InChI=1S/C12H21N3O3S/c16-11(17)8-14-2-4-15(5-3-14)12(18)13-7-10-1-6-19-9-10/h10H,1-9H2,(H,13,18)(H,16,17). The van der Waals surface area contributed by atoms with Gasteiger partial charge in [0, 0.05) is 32.7 Å². The fourth-order valence-electron chi connectivity index (χ4n) is 2.39. The zero-order valence-corrected chi connectivity index (χ0v) is 11.8. The third-order valence-corrected chi connectivity index (χ3v) is 4.82. The molecule has 0 spiro atoms. The Kier molecular flexibility index (Phi) is 5.33. The zero-order chi connectivity index (χ0) is 13.7. The lowest BCUT2D eigenvalue weighted by Crippen LogP contribution is -2.53. The minimum Gasteiger partial charge on any atom is -0.480 e. The molecule has 1 atom stereocenters. The van der Waals surface area contributed by atoms with Gasteiger partial charge in [-0.15, -0.1) is 0 Å². The van der Waals surface area contributed by atoms with Crippen LogP contribution < -0.4 is 5.32 Å². The van der Waals surface area contributed by atoms with E-state index >= 15 is 0 Å². The van der Waals surface area contributed by atoms with Gasteiger partial charge in [-0.2, -0.15) is 11.8 Å². The van der Waals surface area contributed by atoms with Crippen molar-refractivity contribution in [1.29, 1.82) is 0 Å². The smallest absolute Gasteiger partial charge is 0.317 e. The van der Waals surface area contributed by atoms with E-state index in [2.05, 4.69) is 5.32 Å². The summed E-state index contributed by atoms with van der Waals surface area (Å²) in [6, 6.07) is -0.00752. The predicted octanol–water partition coefficient (Wildman–Crippen LogP) is 0.151. The largest absolute Gasteiger partial charge is 0.480 e. The van der Waals surface area contributed by atoms with Crippen molar-refractivity contribution >= 4 is 23.8 Å². The molecule has 2 saturated heterocycles. The van der Waals surface area contributed by atoms with Gasteiger partial charge in [0.05, 0.1) is 6.54 Å². The van der Waals surface area contributed by atoms with Gasteiger partial charge in [-0.3, -0.25) is 9.69 Å². The van der Waals surface area contributed by atoms with Crippen LogP contribution in [-0.4, -0.2) is 77.7 Å². The summed E-state index contributed by atoms with van der Waals surface area (Å²) in [5, 5.41) is 11.7. The van der Waals surface area contributed by atoms with Crippen LogP contribution in [0.5, 0.6) is 0 Å². The molecule has 0 saturated carbocycles. The van der Waals surface area contributed by atoms with E-state index in [9.17, 15) is 9.59 Å². The number of nitrogens with one attached hydrogen (secondary N) is 1. The van der Waals surface area contributed by atoms with Gasteiger partial charge in [-0.1, -0.05) is 0 Å². The quantitative estimate of drug-likeness (QED) is 0.770. The molecule has 2 fully saturated rings. The van der Waals surface area contributed by atoms with Crippen LogP contribution in [0.3, 0.4) is 0 Å². The van der Waals surface area contributed by atoms with Crippen molar-refractivity contribution in [3.63, 3.8) is 0 Å². The lowest BCUT2D eigenvalue weighted by atomic mass is 10.1. The van der Waals surface area contributed by atoms with Crippen LogP contribution in [0, 0.1) is 5.92 Å². The van der Waals surface area contributed by atoms with Crippen molar-refractivity contribution in [3.8, 4) is 0 Å². The minimum atomic E-state index is -0.809. The summed E-state index contributed by atoms with van der Waals surface area (Å²) in [5.41, 5.74) is 0. The van der Waals surface area contributed by atoms with Crippen LogP contribution in [0.1, 0.15) is 6.42 Å². The van der Waals surface area contributed by atoms with Gasteiger partial charge in [0.2, 0.25) is 0 Å². The first-order valence-corrected chi connectivity index (χ1v) is 7.85. The number of hydrogen-bond acceptors (Lipinski definition) is 4. The molecule has 2 amide bonds. The Morgan fingerprint density at radius 2 is 2.00 bits per heavy atom. The van der Waals surface area contributed by atoms with Gasteiger partial charge in [0.1, 0.15) is 0 Å². The number of nitrogens with zero attached hydrogens (tertiary/aromatic N) is 2. The topological polar surface area (TPSA) is 72.9 Å². The normalized spacial score (nSPS) is 24.4. The Balaban J connectivity index is 1.65. The van der Waals surface area contributed by atoms with Gasteiger partial charge in [0.15, 0.2) is 0 Å². The summed E-state index contributed by atoms with van der Waals surface area (Å²) in [5.74, 6) is 2.15. The molecule has 2 rings (SSSR count). The van der Waals surface area contributed by atoms with Crippen molar-refractivity contribution < 1.29 is 14.7 Å². The van der Waals surface area contributed by atoms with Crippen LogP contribution in [0.25, 0.3) is 0 Å². The van der Waals surface area contributed by atoms with E-state index in [0.717, 1.165) is 12.3 Å². The second-order valence-corrected chi connectivity index (χ2v) is 6.22. The number of aliphatic carboxylic acids is 1. The maximum absolute atomic E-state index is 12.0. The fourth-order valence-corrected chi connectivity index (χ4v) is 3.67. The van der Waals surface area contributed by atoms with Crippen molar-refractivity contribution in [1.82, 2.24) is 15.1 Å². The average Bonchev–Trinajstić information content (AvgIpc) is 2.89. The number of amides is 2. The highest BCUT2D eigenvalue weighted by Gasteiger charge is 2.23. The van der Waals surface area contributed by atoms with Crippen molar-refractivity contribution in [3.05, 3.63) is 0 Å². The summed E-state index contributed by atoms with van der Waals surface area (Å²) in [6.07, 6.45) is 1.19. The Bertz CT molecular complexity index is 326. The molecule has 0 bridgehead atoms. The van der Waals surface area contributed by atoms with Crippen molar-refractivity contribution in [2.24, 2.45) is 5.92 Å². The van der Waals surface area contributed by atoms with Crippen molar-refractivity contribution in [2.45, 2.75) is 6.42 Å². The number of carbonyl (C=O) groups excluding carboxylic acids is 1. The van der Waals surface area contributed by atoms with E-state index < -0.39 is 5.97 Å². The first-order chi connectivity index (χ1) is 9.15. The first kappa shape index (κ1) is 14.5. The van der Waals surface area contributed by atoms with Gasteiger partial charge in [-0.05, 0) is 23.8 Å². The molecule has 19 heavy (non-hydrogen) atoms. The molecule has 0 aromatic heterocycles. The van der Waals surface area contributed by atoms with Crippen LogP contribution in [-0.2, 0) is 4.79 Å². The molecule has 6 nitrogen and oxygen atoms in total. The van der Waals surface area contributed by atoms with Crippen LogP contribution >= 0.6 is 11.8 Å². The second kappa shape index (κ2) is 7.00. The molecule has 2 heterocycles. The fraction of sp³-hybridized carbons (Fsp3) is 0.833. The van der Waals surface area contributed by atoms with Gasteiger partial charge < -0.3 is 15.3 Å². The number of piperazine rings is 1. The molecular formula is C12H21N3O3S. The predicted molar refractivity (Wildman–Crippen MR) is 74.5 cm³/mol. The summed E-state index contributed by atoms with van der Waals surface area (Å²) < 4.78 is 0. The van der Waals surface area contributed by atoms with E-state index in [-0.39, 0.29) is 12.6 Å². The van der Waals surface area contributed by atoms with Crippen LogP contribution in [0.2, 0.25) is 0 Å². The molecule has 0 aromatic rings. The molecule has 2 aliphatic rings. The van der Waals surface area contributed by atoms with E-state index in [0.29, 0.717) is 32.1 Å². The summed E-state index contributed by atoms with van der Waals surface area (Å²) in [6.45, 7) is 3.32. The third kappa shape index (κ3) is 4.58. The lowest BCUT2D eigenvalue weighted by molar-refractivity contribution is -0.138. The monoisotopic (exact) mass is 287 g/mol. The molecular weight excluding hydrogens is 266 g/mol. The first-order valence-electron chi connectivity index (χ1n) is 6.70. The second-order valence-electron chi connectivity index (χ2n) is 5.07. The Hall–Kier alpha value is -0.950. The molecule has 0 aliphatic carbocycles. The number of carbonyl (C=O) groups is 2. The van der Waals surface area contributed by atoms with E-state index in [1.54, 1.807) is 4.90 Å². The minimum absolute atomic E-state index is 0.00752. The van der Waals surface area contributed by atoms with Gasteiger partial charge in [-0.25, -0.2) is 4.79 Å². The summed E-state index contributed by atoms with van der Waals surface area (Å²) >= 11 is 1.95. The highest BCUT2D eigenvalue weighted by molar-refractivity contribution is 7.99. The van der Waals surface area contributed by atoms with Gasteiger partial charge >= 0.3 is 12.0 Å². The number of rotatable bonds is 4. The average molecular weight is 287 g/mol.